The molecule has 0 fully saturated rings. The molecule has 0 unspecified atom stereocenters. The van der Waals surface area contributed by atoms with Crippen LogP contribution in [-0.2, 0) is 11.3 Å². The van der Waals surface area contributed by atoms with E-state index in [9.17, 15) is 9.59 Å². The van der Waals surface area contributed by atoms with Crippen LogP contribution in [0.5, 0.6) is 0 Å². The molecule has 0 saturated carbocycles. The van der Waals surface area contributed by atoms with E-state index in [4.69, 9.17) is 4.52 Å². The lowest BCUT2D eigenvalue weighted by atomic mass is 10.1. The van der Waals surface area contributed by atoms with E-state index in [2.05, 4.69) is 20.8 Å². The molecule has 150 valence electrons. The number of nitrogens with one attached hydrogen (secondary N) is 2. The number of carbonyl (C=O) groups excluding carboxylic acids is 2. The molecule has 7 heteroatoms. The summed E-state index contributed by atoms with van der Waals surface area (Å²) in [6, 6.07) is 20.8. The number of rotatable bonds is 6. The van der Waals surface area contributed by atoms with E-state index < -0.39 is 0 Å². The zero-order chi connectivity index (χ0) is 20.9. The summed E-state index contributed by atoms with van der Waals surface area (Å²) < 4.78 is 5.29. The molecule has 0 saturated heterocycles. The van der Waals surface area contributed by atoms with Crippen molar-refractivity contribution in [3.05, 3.63) is 83.6 Å². The molecule has 2 aromatic carbocycles. The lowest BCUT2D eigenvalue weighted by Gasteiger charge is -2.09. The maximum absolute atomic E-state index is 12.9. The topological polar surface area (TPSA) is 97.1 Å². The molecule has 0 aliphatic rings. The molecule has 4 rings (SSSR count). The van der Waals surface area contributed by atoms with Gasteiger partial charge < -0.3 is 15.2 Å². The highest BCUT2D eigenvalue weighted by molar-refractivity contribution is 6.07. The van der Waals surface area contributed by atoms with Crippen LogP contribution >= 0.6 is 0 Å². The van der Waals surface area contributed by atoms with Crippen LogP contribution in [0.1, 0.15) is 21.6 Å². The Kier molecular flexibility index (Phi) is 5.52. The number of aromatic nitrogens is 2. The molecule has 0 bridgehead atoms. The van der Waals surface area contributed by atoms with Crippen LogP contribution < -0.4 is 10.6 Å². The number of hydrogen-bond donors (Lipinski definition) is 2. The number of carbonyl (C=O) groups is 2. The molecule has 0 aliphatic carbocycles. The summed E-state index contributed by atoms with van der Waals surface area (Å²) in [5.74, 6) is -0.663. The lowest BCUT2D eigenvalue weighted by Crippen LogP contribution is -2.36. The quantitative estimate of drug-likeness (QED) is 0.518. The van der Waals surface area contributed by atoms with Gasteiger partial charge in [-0.1, -0.05) is 65.8 Å². The van der Waals surface area contributed by atoms with Gasteiger partial charge >= 0.3 is 0 Å². The number of benzene rings is 2. The van der Waals surface area contributed by atoms with Crippen molar-refractivity contribution in [3.8, 4) is 11.3 Å². The van der Waals surface area contributed by atoms with E-state index in [0.29, 0.717) is 28.9 Å². The summed E-state index contributed by atoms with van der Waals surface area (Å²) in [7, 11) is 0. The van der Waals surface area contributed by atoms with Crippen LogP contribution in [0.15, 0.2) is 71.3 Å². The normalized spacial score (nSPS) is 10.7. The Bertz CT molecular complexity index is 1190. The summed E-state index contributed by atoms with van der Waals surface area (Å²) in [4.78, 5) is 29.5. The summed E-state index contributed by atoms with van der Waals surface area (Å²) in [6.45, 7) is 2.01. The van der Waals surface area contributed by atoms with Crippen molar-refractivity contribution in [1.29, 1.82) is 0 Å². The fourth-order valence-corrected chi connectivity index (χ4v) is 3.15. The van der Waals surface area contributed by atoms with Gasteiger partial charge in [-0.05, 0) is 18.6 Å². The van der Waals surface area contributed by atoms with E-state index in [-0.39, 0.29) is 24.1 Å². The first-order valence-electron chi connectivity index (χ1n) is 9.53. The summed E-state index contributed by atoms with van der Waals surface area (Å²) >= 11 is 0. The van der Waals surface area contributed by atoms with Gasteiger partial charge in [0.2, 0.25) is 5.91 Å². The monoisotopic (exact) mass is 400 g/mol. The Hall–Kier alpha value is -4.00. The molecule has 0 aliphatic heterocycles. The zero-order valence-electron chi connectivity index (χ0n) is 16.4. The average molecular weight is 400 g/mol. The van der Waals surface area contributed by atoms with Gasteiger partial charge in [0.15, 0.2) is 0 Å². The number of hydrogen-bond acceptors (Lipinski definition) is 5. The van der Waals surface area contributed by atoms with E-state index >= 15 is 0 Å². The highest BCUT2D eigenvalue weighted by atomic mass is 16.5. The van der Waals surface area contributed by atoms with Crippen molar-refractivity contribution >= 4 is 22.9 Å². The van der Waals surface area contributed by atoms with Crippen LogP contribution in [0.3, 0.4) is 0 Å². The second-order valence-corrected chi connectivity index (χ2v) is 6.81. The number of amides is 2. The smallest absolute Gasteiger partial charge is 0.259 e. The van der Waals surface area contributed by atoms with Gasteiger partial charge in [0, 0.05) is 12.1 Å². The molecule has 2 amide bonds. The Morgan fingerprint density at radius 3 is 2.40 bits per heavy atom. The van der Waals surface area contributed by atoms with Gasteiger partial charge in [-0.3, -0.25) is 9.59 Å². The van der Waals surface area contributed by atoms with Crippen LogP contribution in [0.25, 0.3) is 22.4 Å². The average Bonchev–Trinajstić information content (AvgIpc) is 3.17. The number of fused-ring (bicyclic) bond motifs is 1. The van der Waals surface area contributed by atoms with Crippen molar-refractivity contribution in [2.45, 2.75) is 13.5 Å². The highest BCUT2D eigenvalue weighted by Crippen LogP contribution is 2.26. The summed E-state index contributed by atoms with van der Waals surface area (Å²) in [5, 5.41) is 9.94. The molecule has 2 N–H and O–H groups in total. The fraction of sp³-hybridized carbons (Fsp3) is 0.130. The molecular formula is C23H20N4O3. The van der Waals surface area contributed by atoms with Crippen molar-refractivity contribution in [1.82, 2.24) is 20.8 Å². The van der Waals surface area contributed by atoms with E-state index in [1.54, 1.807) is 13.0 Å². The van der Waals surface area contributed by atoms with Gasteiger partial charge in [0.25, 0.3) is 11.6 Å². The van der Waals surface area contributed by atoms with Crippen molar-refractivity contribution in [2.24, 2.45) is 0 Å². The second-order valence-electron chi connectivity index (χ2n) is 6.81. The Morgan fingerprint density at radius 1 is 0.967 bits per heavy atom. The largest absolute Gasteiger partial charge is 0.350 e. The number of pyridine rings is 1. The van der Waals surface area contributed by atoms with E-state index in [1.165, 1.54) is 0 Å². The molecule has 30 heavy (non-hydrogen) atoms. The van der Waals surface area contributed by atoms with Crippen molar-refractivity contribution < 1.29 is 14.1 Å². The third-order valence-electron chi connectivity index (χ3n) is 4.67. The van der Waals surface area contributed by atoms with Crippen molar-refractivity contribution in [2.75, 3.05) is 6.54 Å². The molecule has 4 aromatic rings. The van der Waals surface area contributed by atoms with Gasteiger partial charge in [0.1, 0.15) is 0 Å². The number of nitrogens with zero attached hydrogens (tertiary/aromatic N) is 2. The molecule has 7 nitrogen and oxygen atoms in total. The molecule has 0 atom stereocenters. The third-order valence-corrected chi connectivity index (χ3v) is 4.67. The highest BCUT2D eigenvalue weighted by Gasteiger charge is 2.19. The number of aryl methyl sites for hydroxylation is 1. The Balaban J connectivity index is 1.51. The molecular weight excluding hydrogens is 380 g/mol. The van der Waals surface area contributed by atoms with Crippen LogP contribution in [0.4, 0.5) is 0 Å². The van der Waals surface area contributed by atoms with Crippen LogP contribution in [0.2, 0.25) is 0 Å². The lowest BCUT2D eigenvalue weighted by molar-refractivity contribution is -0.120. The minimum atomic E-state index is -0.388. The maximum Gasteiger partial charge on any atom is 0.259 e. The first-order valence-corrected chi connectivity index (χ1v) is 9.53. The van der Waals surface area contributed by atoms with Gasteiger partial charge in [-0.2, -0.15) is 0 Å². The fourth-order valence-electron chi connectivity index (χ4n) is 3.15. The summed E-state index contributed by atoms with van der Waals surface area (Å²) in [6.07, 6.45) is 0. The Labute approximate surface area is 173 Å². The minimum Gasteiger partial charge on any atom is -0.350 e. The van der Waals surface area contributed by atoms with Crippen molar-refractivity contribution in [3.63, 3.8) is 0 Å². The molecule has 2 aromatic heterocycles. The molecule has 2 heterocycles. The standard InChI is InChI=1S/C23H20N4O3/c1-15-21-18(12-19(26-23(21)30-27-15)17-10-6-3-7-11-17)22(29)25-14-20(28)24-13-16-8-4-2-5-9-16/h2-12H,13-14H2,1H3,(H,24,28)(H,25,29). The van der Waals surface area contributed by atoms with E-state index in [0.717, 1.165) is 11.1 Å². The SMILES string of the molecule is Cc1noc2nc(-c3ccccc3)cc(C(=O)NCC(=O)NCc3ccccc3)c12. The van der Waals surface area contributed by atoms with Crippen LogP contribution in [0, 0.1) is 6.92 Å². The third kappa shape index (κ3) is 4.20. The predicted molar refractivity (Wildman–Crippen MR) is 113 cm³/mol. The first-order chi connectivity index (χ1) is 14.6. The van der Waals surface area contributed by atoms with Crippen LogP contribution in [-0.4, -0.2) is 28.5 Å². The minimum absolute atomic E-state index is 0.138. The van der Waals surface area contributed by atoms with Gasteiger partial charge in [0.05, 0.1) is 28.9 Å². The maximum atomic E-state index is 12.9. The van der Waals surface area contributed by atoms with Gasteiger partial charge in [-0.25, -0.2) is 4.98 Å². The van der Waals surface area contributed by atoms with Gasteiger partial charge in [-0.15, -0.1) is 0 Å². The summed E-state index contributed by atoms with van der Waals surface area (Å²) in [5.41, 5.74) is 3.65. The van der Waals surface area contributed by atoms with E-state index in [1.807, 2.05) is 60.7 Å². The zero-order valence-corrected chi connectivity index (χ0v) is 16.4. The first kappa shape index (κ1) is 19.3. The molecule has 0 spiro atoms. The Morgan fingerprint density at radius 2 is 1.67 bits per heavy atom. The molecule has 0 radical (unpaired) electrons. The second kappa shape index (κ2) is 8.57. The predicted octanol–water partition coefficient (Wildman–Crippen LogP) is 3.24.